The normalized spacial score (nSPS) is 15.1. The number of amides is 1. The van der Waals surface area contributed by atoms with Gasteiger partial charge in [-0.25, -0.2) is 4.79 Å². The smallest absolute Gasteiger partial charge is 0.411 e. The number of hydrogen-bond acceptors (Lipinski definition) is 3. The minimum absolute atomic E-state index is 0.233. The third-order valence-electron chi connectivity index (χ3n) is 3.76. The Morgan fingerprint density at radius 3 is 2.68 bits per heavy atom. The first-order valence-corrected chi connectivity index (χ1v) is 7.48. The molecule has 4 heteroatoms. The van der Waals surface area contributed by atoms with Gasteiger partial charge in [-0.2, -0.15) is 0 Å². The highest BCUT2D eigenvalue weighted by molar-refractivity contribution is 5.84. The number of carbonyl (C=O) groups is 1. The van der Waals surface area contributed by atoms with Crippen molar-refractivity contribution in [1.29, 1.82) is 0 Å². The Morgan fingerprint density at radius 2 is 1.95 bits per heavy atom. The number of carbonyl (C=O) groups excluding carboxylic acids is 1. The van der Waals surface area contributed by atoms with Gasteiger partial charge in [0.25, 0.3) is 0 Å². The van der Waals surface area contributed by atoms with Gasteiger partial charge < -0.3 is 9.84 Å². The zero-order valence-corrected chi connectivity index (χ0v) is 12.2. The zero-order valence-electron chi connectivity index (χ0n) is 12.2. The standard InChI is InChI=1S/C18H19NO3/c20-17(14-9-10-14)15-7-4-8-16(11-15)19-18(21)22-12-13-5-2-1-3-6-13/h1-8,11,14,17,20H,9-10,12H2,(H,19,21)/t17-/m0/s1. The van der Waals surface area contributed by atoms with Gasteiger partial charge in [-0.15, -0.1) is 0 Å². The number of hydrogen-bond donors (Lipinski definition) is 2. The van der Waals surface area contributed by atoms with Crippen LogP contribution in [0.3, 0.4) is 0 Å². The van der Waals surface area contributed by atoms with Crippen LogP contribution in [0, 0.1) is 5.92 Å². The van der Waals surface area contributed by atoms with Gasteiger partial charge in [0, 0.05) is 5.69 Å². The van der Waals surface area contributed by atoms with Crippen molar-refractivity contribution >= 4 is 11.8 Å². The number of nitrogens with one attached hydrogen (secondary N) is 1. The van der Waals surface area contributed by atoms with Crippen LogP contribution < -0.4 is 5.32 Å². The monoisotopic (exact) mass is 297 g/mol. The second-order valence-corrected chi connectivity index (χ2v) is 5.59. The SMILES string of the molecule is O=C(Nc1cccc([C@@H](O)C2CC2)c1)OCc1ccccc1. The maximum Gasteiger partial charge on any atom is 0.411 e. The Bertz CT molecular complexity index is 638. The first-order valence-electron chi connectivity index (χ1n) is 7.48. The Kier molecular flexibility index (Phi) is 4.39. The van der Waals surface area contributed by atoms with E-state index in [4.69, 9.17) is 4.74 Å². The van der Waals surface area contributed by atoms with Gasteiger partial charge in [-0.3, -0.25) is 5.32 Å². The molecular weight excluding hydrogens is 278 g/mol. The van der Waals surface area contributed by atoms with Crippen molar-refractivity contribution in [2.45, 2.75) is 25.6 Å². The summed E-state index contributed by atoms with van der Waals surface area (Å²) in [6, 6.07) is 16.8. The minimum atomic E-state index is -0.498. The molecule has 3 rings (SSSR count). The summed E-state index contributed by atoms with van der Waals surface area (Å²) in [4.78, 5) is 11.8. The Balaban J connectivity index is 1.55. The van der Waals surface area contributed by atoms with Crippen LogP contribution in [-0.2, 0) is 11.3 Å². The fourth-order valence-corrected chi connectivity index (χ4v) is 2.36. The average Bonchev–Trinajstić information content (AvgIpc) is 3.38. The van der Waals surface area contributed by atoms with Crippen LogP contribution in [0.2, 0.25) is 0 Å². The van der Waals surface area contributed by atoms with Gasteiger partial charge in [0.2, 0.25) is 0 Å². The van der Waals surface area contributed by atoms with Gasteiger partial charge >= 0.3 is 6.09 Å². The van der Waals surface area contributed by atoms with Gasteiger partial charge in [0.1, 0.15) is 6.61 Å². The van der Waals surface area contributed by atoms with Crippen molar-refractivity contribution in [1.82, 2.24) is 0 Å². The molecule has 0 bridgehead atoms. The van der Waals surface area contributed by atoms with E-state index in [1.54, 1.807) is 12.1 Å². The van der Waals surface area contributed by atoms with Crippen LogP contribution >= 0.6 is 0 Å². The summed E-state index contributed by atoms with van der Waals surface area (Å²) in [5.41, 5.74) is 2.41. The van der Waals surface area contributed by atoms with E-state index in [1.165, 1.54) is 0 Å². The number of rotatable bonds is 5. The average molecular weight is 297 g/mol. The van der Waals surface area contributed by atoms with Crippen molar-refractivity contribution in [3.63, 3.8) is 0 Å². The van der Waals surface area contributed by atoms with Crippen LogP contribution in [0.1, 0.15) is 30.1 Å². The van der Waals surface area contributed by atoms with E-state index in [1.807, 2.05) is 42.5 Å². The molecule has 1 aliphatic carbocycles. The molecule has 0 aromatic heterocycles. The number of anilines is 1. The third kappa shape index (κ3) is 3.86. The van der Waals surface area contributed by atoms with Gasteiger partial charge in [-0.05, 0) is 42.0 Å². The molecule has 0 spiro atoms. The summed E-state index contributed by atoms with van der Waals surface area (Å²) in [5, 5.41) is 12.8. The minimum Gasteiger partial charge on any atom is -0.444 e. The van der Waals surface area contributed by atoms with Crippen molar-refractivity contribution in [2.24, 2.45) is 5.92 Å². The summed E-state index contributed by atoms with van der Waals surface area (Å²) in [6.07, 6.45) is 1.19. The van der Waals surface area contributed by atoms with Crippen LogP contribution in [0.25, 0.3) is 0 Å². The van der Waals surface area contributed by atoms with E-state index >= 15 is 0 Å². The molecule has 1 atom stereocenters. The Morgan fingerprint density at radius 1 is 1.18 bits per heavy atom. The Labute approximate surface area is 129 Å². The fraction of sp³-hybridized carbons (Fsp3) is 0.278. The van der Waals surface area contributed by atoms with Crippen molar-refractivity contribution < 1.29 is 14.6 Å². The van der Waals surface area contributed by atoms with Gasteiger partial charge in [-0.1, -0.05) is 42.5 Å². The van der Waals surface area contributed by atoms with Gasteiger partial charge in [0.15, 0.2) is 0 Å². The molecule has 2 aromatic carbocycles. The van der Waals surface area contributed by atoms with E-state index in [9.17, 15) is 9.90 Å². The summed E-state index contributed by atoms with van der Waals surface area (Å²) in [5.74, 6) is 0.361. The molecule has 4 nitrogen and oxygen atoms in total. The number of benzene rings is 2. The first kappa shape index (κ1) is 14.6. The molecule has 0 aliphatic heterocycles. The molecule has 0 unspecified atom stereocenters. The first-order chi connectivity index (χ1) is 10.7. The molecule has 2 N–H and O–H groups in total. The third-order valence-corrected chi connectivity index (χ3v) is 3.76. The molecule has 0 radical (unpaired) electrons. The van der Waals surface area contributed by atoms with Crippen LogP contribution in [0.15, 0.2) is 54.6 Å². The number of aliphatic hydroxyl groups is 1. The van der Waals surface area contributed by atoms with Crippen LogP contribution in [-0.4, -0.2) is 11.2 Å². The summed E-state index contributed by atoms with van der Waals surface area (Å²) in [6.45, 7) is 0.233. The number of aliphatic hydroxyl groups excluding tert-OH is 1. The lowest BCUT2D eigenvalue weighted by atomic mass is 10.1. The molecular formula is C18H19NO3. The molecule has 1 fully saturated rings. The number of ether oxygens (including phenoxy) is 1. The Hall–Kier alpha value is -2.33. The van der Waals surface area contributed by atoms with E-state index in [0.717, 1.165) is 24.0 Å². The fourth-order valence-electron chi connectivity index (χ4n) is 2.36. The topological polar surface area (TPSA) is 58.6 Å². The van der Waals surface area contributed by atoms with Crippen LogP contribution in [0.5, 0.6) is 0 Å². The molecule has 0 heterocycles. The highest BCUT2D eigenvalue weighted by Crippen LogP contribution is 2.41. The van der Waals surface area contributed by atoms with Gasteiger partial charge in [0.05, 0.1) is 6.10 Å². The lowest BCUT2D eigenvalue weighted by Gasteiger charge is -2.12. The lowest BCUT2D eigenvalue weighted by molar-refractivity contribution is 0.153. The molecule has 114 valence electrons. The van der Waals surface area contributed by atoms with E-state index < -0.39 is 12.2 Å². The van der Waals surface area contributed by atoms with E-state index in [2.05, 4.69) is 5.32 Å². The summed E-state index contributed by atoms with van der Waals surface area (Å²) in [7, 11) is 0. The highest BCUT2D eigenvalue weighted by atomic mass is 16.5. The molecule has 0 saturated heterocycles. The maximum absolute atomic E-state index is 11.8. The lowest BCUT2D eigenvalue weighted by Crippen LogP contribution is -2.14. The second kappa shape index (κ2) is 6.62. The van der Waals surface area contributed by atoms with E-state index in [0.29, 0.717) is 11.6 Å². The predicted molar refractivity (Wildman–Crippen MR) is 84.4 cm³/mol. The van der Waals surface area contributed by atoms with Crippen molar-refractivity contribution in [3.05, 3.63) is 65.7 Å². The van der Waals surface area contributed by atoms with Crippen molar-refractivity contribution in [3.8, 4) is 0 Å². The molecule has 1 aliphatic rings. The maximum atomic E-state index is 11.8. The van der Waals surface area contributed by atoms with Crippen molar-refractivity contribution in [2.75, 3.05) is 5.32 Å². The largest absolute Gasteiger partial charge is 0.444 e. The quantitative estimate of drug-likeness (QED) is 0.880. The zero-order chi connectivity index (χ0) is 15.4. The molecule has 2 aromatic rings. The van der Waals surface area contributed by atoms with Crippen LogP contribution in [0.4, 0.5) is 10.5 Å². The predicted octanol–water partition coefficient (Wildman–Crippen LogP) is 3.88. The van der Waals surface area contributed by atoms with E-state index in [-0.39, 0.29) is 6.61 Å². The molecule has 22 heavy (non-hydrogen) atoms. The summed E-state index contributed by atoms with van der Waals surface area (Å²) >= 11 is 0. The highest BCUT2D eigenvalue weighted by Gasteiger charge is 2.30. The molecule has 1 amide bonds. The molecule has 1 saturated carbocycles. The summed E-state index contributed by atoms with van der Waals surface area (Å²) < 4.78 is 5.18. The second-order valence-electron chi connectivity index (χ2n) is 5.59.